The van der Waals surface area contributed by atoms with Gasteiger partial charge in [-0.05, 0) is 24.0 Å². The minimum Gasteiger partial charge on any atom is -0.387 e. The molecular weight excluding hydrogens is 170 g/mol. The molecule has 0 radical (unpaired) electrons. The molecule has 10 heavy (non-hydrogen) atoms. The Morgan fingerprint density at radius 3 is 3.10 bits per heavy atom. The second kappa shape index (κ2) is 3.91. The highest BCUT2D eigenvalue weighted by molar-refractivity contribution is 7.03. The molecule has 1 aromatic heterocycles. The third-order valence-electron chi connectivity index (χ3n) is 1.18. The SMILES string of the molecule is OC(CCCl)c1ccsn1. The lowest BCUT2D eigenvalue weighted by atomic mass is 10.2. The van der Waals surface area contributed by atoms with Gasteiger partial charge < -0.3 is 5.11 Å². The first-order chi connectivity index (χ1) is 4.84. The zero-order chi connectivity index (χ0) is 7.40. The zero-order valence-electron chi connectivity index (χ0n) is 5.33. The normalized spacial score (nSPS) is 13.4. The third-order valence-corrected chi connectivity index (χ3v) is 1.97. The van der Waals surface area contributed by atoms with Crippen molar-refractivity contribution in [3.8, 4) is 0 Å². The first kappa shape index (κ1) is 7.98. The van der Waals surface area contributed by atoms with Gasteiger partial charge in [0, 0.05) is 11.3 Å². The van der Waals surface area contributed by atoms with E-state index in [2.05, 4.69) is 4.37 Å². The number of aromatic nitrogens is 1. The average Bonchev–Trinajstić information content (AvgIpc) is 2.38. The summed E-state index contributed by atoms with van der Waals surface area (Å²) in [5.41, 5.74) is 0.727. The molecule has 0 amide bonds. The van der Waals surface area contributed by atoms with Gasteiger partial charge in [0.1, 0.15) is 0 Å². The molecule has 1 atom stereocenters. The number of hydrogen-bond donors (Lipinski definition) is 1. The average molecular weight is 178 g/mol. The van der Waals surface area contributed by atoms with Crippen molar-refractivity contribution in [1.29, 1.82) is 0 Å². The van der Waals surface area contributed by atoms with E-state index in [-0.39, 0.29) is 0 Å². The Hall–Kier alpha value is -0.120. The molecule has 0 bridgehead atoms. The van der Waals surface area contributed by atoms with Crippen LogP contribution in [0.2, 0.25) is 0 Å². The summed E-state index contributed by atoms with van der Waals surface area (Å²) >= 11 is 6.77. The molecule has 0 saturated carbocycles. The van der Waals surface area contributed by atoms with E-state index < -0.39 is 6.10 Å². The third kappa shape index (κ3) is 1.94. The van der Waals surface area contributed by atoms with Gasteiger partial charge in [-0.15, -0.1) is 11.6 Å². The maximum atomic E-state index is 9.27. The van der Waals surface area contributed by atoms with Gasteiger partial charge in [0.25, 0.3) is 0 Å². The molecule has 2 nitrogen and oxygen atoms in total. The Morgan fingerprint density at radius 1 is 1.80 bits per heavy atom. The first-order valence-corrected chi connectivity index (χ1v) is 4.36. The Labute approximate surface area is 68.6 Å². The number of aliphatic hydroxyl groups excluding tert-OH is 1. The number of aliphatic hydroxyl groups is 1. The molecule has 0 aliphatic heterocycles. The van der Waals surface area contributed by atoms with Crippen LogP contribution in [0.25, 0.3) is 0 Å². The summed E-state index contributed by atoms with van der Waals surface area (Å²) < 4.78 is 3.97. The summed E-state index contributed by atoms with van der Waals surface area (Å²) in [6.07, 6.45) is 0.0921. The Kier molecular flexibility index (Phi) is 3.12. The van der Waals surface area contributed by atoms with Crippen molar-refractivity contribution in [2.45, 2.75) is 12.5 Å². The molecule has 0 aromatic carbocycles. The van der Waals surface area contributed by atoms with E-state index in [1.807, 2.05) is 11.4 Å². The van der Waals surface area contributed by atoms with E-state index in [0.717, 1.165) is 5.69 Å². The van der Waals surface area contributed by atoms with Gasteiger partial charge in [-0.3, -0.25) is 0 Å². The smallest absolute Gasteiger partial charge is 0.0982 e. The largest absolute Gasteiger partial charge is 0.387 e. The van der Waals surface area contributed by atoms with Crippen LogP contribution >= 0.6 is 23.1 Å². The van der Waals surface area contributed by atoms with E-state index in [4.69, 9.17) is 11.6 Å². The highest BCUT2D eigenvalue weighted by Gasteiger charge is 2.07. The van der Waals surface area contributed by atoms with Crippen LogP contribution < -0.4 is 0 Å². The van der Waals surface area contributed by atoms with Crippen molar-refractivity contribution in [1.82, 2.24) is 4.37 Å². The summed E-state index contributed by atoms with van der Waals surface area (Å²) in [4.78, 5) is 0. The molecule has 1 heterocycles. The fourth-order valence-corrected chi connectivity index (χ4v) is 1.42. The van der Waals surface area contributed by atoms with Gasteiger partial charge in [0.05, 0.1) is 11.8 Å². The number of nitrogens with zero attached hydrogens (tertiary/aromatic N) is 1. The maximum absolute atomic E-state index is 9.27. The Balaban J connectivity index is 2.50. The van der Waals surface area contributed by atoms with Crippen LogP contribution in [0.4, 0.5) is 0 Å². The van der Waals surface area contributed by atoms with E-state index in [9.17, 15) is 5.11 Å². The van der Waals surface area contributed by atoms with Crippen LogP contribution in [0.3, 0.4) is 0 Å². The fraction of sp³-hybridized carbons (Fsp3) is 0.500. The minimum atomic E-state index is -0.483. The van der Waals surface area contributed by atoms with Gasteiger partial charge in [-0.2, -0.15) is 4.37 Å². The molecule has 1 unspecified atom stereocenters. The van der Waals surface area contributed by atoms with E-state index >= 15 is 0 Å². The topological polar surface area (TPSA) is 33.1 Å². The first-order valence-electron chi connectivity index (χ1n) is 2.99. The number of alkyl halides is 1. The number of hydrogen-bond acceptors (Lipinski definition) is 3. The van der Waals surface area contributed by atoms with Crippen molar-refractivity contribution in [2.24, 2.45) is 0 Å². The van der Waals surface area contributed by atoms with Gasteiger partial charge in [-0.1, -0.05) is 0 Å². The predicted molar refractivity (Wildman–Crippen MR) is 42.4 cm³/mol. The minimum absolute atomic E-state index is 0.471. The van der Waals surface area contributed by atoms with Gasteiger partial charge >= 0.3 is 0 Å². The highest BCUT2D eigenvalue weighted by atomic mass is 35.5. The number of rotatable bonds is 3. The second-order valence-electron chi connectivity index (χ2n) is 1.92. The van der Waals surface area contributed by atoms with Gasteiger partial charge in [0.15, 0.2) is 0 Å². The molecule has 56 valence electrons. The summed E-state index contributed by atoms with van der Waals surface area (Å²) in [6.45, 7) is 0. The lowest BCUT2D eigenvalue weighted by Crippen LogP contribution is -1.97. The van der Waals surface area contributed by atoms with Crippen molar-refractivity contribution >= 4 is 23.1 Å². The molecule has 0 fully saturated rings. The molecule has 1 aromatic rings. The maximum Gasteiger partial charge on any atom is 0.0982 e. The zero-order valence-corrected chi connectivity index (χ0v) is 6.90. The van der Waals surface area contributed by atoms with Crippen LogP contribution in [0.1, 0.15) is 18.2 Å². The molecule has 4 heteroatoms. The number of halogens is 1. The van der Waals surface area contributed by atoms with E-state index in [1.54, 1.807) is 0 Å². The van der Waals surface area contributed by atoms with Gasteiger partial charge in [-0.25, -0.2) is 0 Å². The summed E-state index contributed by atoms with van der Waals surface area (Å²) in [5, 5.41) is 11.1. The predicted octanol–water partition coefficient (Wildman–Crippen LogP) is 1.81. The van der Waals surface area contributed by atoms with Crippen molar-refractivity contribution in [2.75, 3.05) is 5.88 Å². The van der Waals surface area contributed by atoms with Crippen molar-refractivity contribution < 1.29 is 5.11 Å². The molecule has 1 N–H and O–H groups in total. The Bertz CT molecular complexity index is 178. The summed E-state index contributed by atoms with van der Waals surface area (Å²) in [5.74, 6) is 0.471. The van der Waals surface area contributed by atoms with E-state index in [0.29, 0.717) is 12.3 Å². The quantitative estimate of drug-likeness (QED) is 0.715. The van der Waals surface area contributed by atoms with Crippen molar-refractivity contribution in [3.63, 3.8) is 0 Å². The monoisotopic (exact) mass is 177 g/mol. The molecule has 0 aliphatic carbocycles. The standard InChI is InChI=1S/C6H8ClNOS/c7-3-1-6(9)5-2-4-10-8-5/h2,4,6,9H,1,3H2. The molecule has 0 spiro atoms. The molecule has 0 saturated heterocycles. The Morgan fingerprint density at radius 2 is 2.60 bits per heavy atom. The van der Waals surface area contributed by atoms with Gasteiger partial charge in [0.2, 0.25) is 0 Å². The molecule has 0 aliphatic rings. The van der Waals surface area contributed by atoms with Crippen molar-refractivity contribution in [3.05, 3.63) is 17.1 Å². The fourth-order valence-electron chi connectivity index (χ4n) is 0.645. The second-order valence-corrected chi connectivity index (χ2v) is 2.96. The lowest BCUT2D eigenvalue weighted by molar-refractivity contribution is 0.171. The van der Waals surface area contributed by atoms with E-state index in [1.165, 1.54) is 11.5 Å². The molecular formula is C6H8ClNOS. The van der Waals surface area contributed by atoms with Crippen LogP contribution in [-0.4, -0.2) is 15.4 Å². The lowest BCUT2D eigenvalue weighted by Gasteiger charge is -2.02. The highest BCUT2D eigenvalue weighted by Crippen LogP contribution is 2.15. The van der Waals surface area contributed by atoms with Crippen LogP contribution in [-0.2, 0) is 0 Å². The molecule has 1 rings (SSSR count). The van der Waals surface area contributed by atoms with Crippen LogP contribution in [0, 0.1) is 0 Å². The summed E-state index contributed by atoms with van der Waals surface area (Å²) in [6, 6.07) is 1.81. The van der Waals surface area contributed by atoms with Crippen LogP contribution in [0.5, 0.6) is 0 Å². The van der Waals surface area contributed by atoms with Crippen LogP contribution in [0.15, 0.2) is 11.4 Å². The summed E-state index contributed by atoms with van der Waals surface area (Å²) in [7, 11) is 0.